The molecule has 0 aromatic heterocycles. The quantitative estimate of drug-likeness (QED) is 0.717. The number of rotatable bonds is 2. The summed E-state index contributed by atoms with van der Waals surface area (Å²) in [5.41, 5.74) is -0.803. The molecule has 128 valence electrons. The van der Waals surface area contributed by atoms with Crippen molar-refractivity contribution in [2.75, 3.05) is 26.2 Å². The number of piperidine rings is 2. The lowest BCUT2D eigenvalue weighted by Gasteiger charge is -2.38. The summed E-state index contributed by atoms with van der Waals surface area (Å²) in [7, 11) is 0. The van der Waals surface area contributed by atoms with Crippen LogP contribution in [0.4, 0.5) is 4.79 Å². The zero-order valence-electron chi connectivity index (χ0n) is 13.9. The number of nitrogens with one attached hydrogen (secondary N) is 2. The highest BCUT2D eigenvalue weighted by Gasteiger charge is 2.54. The summed E-state index contributed by atoms with van der Waals surface area (Å²) in [6, 6.07) is -0.321. The van der Waals surface area contributed by atoms with Gasteiger partial charge in [-0.3, -0.25) is 14.5 Å². The minimum atomic E-state index is -0.803. The molecule has 0 aromatic rings. The van der Waals surface area contributed by atoms with Gasteiger partial charge in [0.05, 0.1) is 6.04 Å². The second-order valence-electron chi connectivity index (χ2n) is 7.17. The predicted molar refractivity (Wildman–Crippen MR) is 84.7 cm³/mol. The van der Waals surface area contributed by atoms with Crippen molar-refractivity contribution in [3.63, 3.8) is 0 Å². The molecule has 3 fully saturated rings. The Kier molecular flexibility index (Phi) is 4.31. The Bertz CT molecular complexity index is 505. The van der Waals surface area contributed by atoms with Gasteiger partial charge in [0, 0.05) is 25.6 Å². The van der Waals surface area contributed by atoms with E-state index < -0.39 is 5.54 Å². The third-order valence-corrected chi connectivity index (χ3v) is 5.25. The largest absolute Gasteiger partial charge is 0.342 e. The van der Waals surface area contributed by atoms with E-state index in [4.69, 9.17) is 0 Å². The number of amides is 4. The Morgan fingerprint density at radius 1 is 1.26 bits per heavy atom. The normalized spacial score (nSPS) is 27.7. The van der Waals surface area contributed by atoms with Crippen LogP contribution in [0.3, 0.4) is 0 Å². The molecule has 1 spiro atoms. The van der Waals surface area contributed by atoms with Crippen LogP contribution in [-0.4, -0.2) is 65.4 Å². The van der Waals surface area contributed by atoms with Gasteiger partial charge >= 0.3 is 6.03 Å². The van der Waals surface area contributed by atoms with E-state index in [0.717, 1.165) is 19.4 Å². The zero-order valence-corrected chi connectivity index (χ0v) is 13.9. The van der Waals surface area contributed by atoms with Crippen LogP contribution in [0.5, 0.6) is 0 Å². The summed E-state index contributed by atoms with van der Waals surface area (Å²) in [5, 5.41) is 6.18. The maximum Gasteiger partial charge on any atom is 0.325 e. The molecule has 0 saturated carbocycles. The van der Waals surface area contributed by atoms with Gasteiger partial charge in [0.1, 0.15) is 5.54 Å². The fourth-order valence-corrected chi connectivity index (χ4v) is 3.84. The number of hydrogen-bond acceptors (Lipinski definition) is 4. The predicted octanol–water partition coefficient (Wildman–Crippen LogP) is 0.307. The van der Waals surface area contributed by atoms with Crippen LogP contribution in [-0.2, 0) is 9.59 Å². The Morgan fingerprint density at radius 2 is 1.96 bits per heavy atom. The van der Waals surface area contributed by atoms with Crippen molar-refractivity contribution in [3.8, 4) is 0 Å². The molecule has 4 amide bonds. The van der Waals surface area contributed by atoms with Crippen molar-refractivity contribution < 1.29 is 14.4 Å². The van der Waals surface area contributed by atoms with Crippen molar-refractivity contribution in [1.82, 2.24) is 20.4 Å². The van der Waals surface area contributed by atoms with Gasteiger partial charge in [-0.25, -0.2) is 4.79 Å². The van der Waals surface area contributed by atoms with Gasteiger partial charge in [-0.05, 0) is 32.2 Å². The first-order valence-electron chi connectivity index (χ1n) is 8.60. The third kappa shape index (κ3) is 2.82. The van der Waals surface area contributed by atoms with Crippen LogP contribution in [0.25, 0.3) is 0 Å². The molecule has 3 aliphatic rings. The van der Waals surface area contributed by atoms with Crippen molar-refractivity contribution in [2.24, 2.45) is 5.92 Å². The highest BCUT2D eigenvalue weighted by molar-refractivity contribution is 6.07. The minimum absolute atomic E-state index is 0.0391. The molecule has 0 bridgehead atoms. The molecule has 2 N–H and O–H groups in total. The Hall–Kier alpha value is -1.63. The monoisotopic (exact) mass is 322 g/mol. The Morgan fingerprint density at radius 3 is 2.52 bits per heavy atom. The first-order valence-corrected chi connectivity index (χ1v) is 8.60. The van der Waals surface area contributed by atoms with Crippen LogP contribution in [0.1, 0.15) is 39.5 Å². The van der Waals surface area contributed by atoms with E-state index in [1.165, 1.54) is 4.90 Å². The number of nitrogens with zero attached hydrogens (tertiary/aromatic N) is 2. The summed E-state index contributed by atoms with van der Waals surface area (Å²) in [6.07, 6.45) is 2.85. The molecule has 1 unspecified atom stereocenters. The summed E-state index contributed by atoms with van der Waals surface area (Å²) in [4.78, 5) is 40.6. The molecule has 7 heteroatoms. The fourth-order valence-electron chi connectivity index (χ4n) is 3.84. The maximum atomic E-state index is 12.9. The van der Waals surface area contributed by atoms with E-state index in [1.807, 2.05) is 13.8 Å². The topological polar surface area (TPSA) is 81.8 Å². The molecular weight excluding hydrogens is 296 g/mol. The van der Waals surface area contributed by atoms with Gasteiger partial charge in [-0.1, -0.05) is 13.8 Å². The van der Waals surface area contributed by atoms with E-state index in [-0.39, 0.29) is 29.8 Å². The van der Waals surface area contributed by atoms with E-state index in [9.17, 15) is 14.4 Å². The van der Waals surface area contributed by atoms with Gasteiger partial charge in [0.25, 0.3) is 5.91 Å². The molecule has 0 radical (unpaired) electrons. The second kappa shape index (κ2) is 6.11. The van der Waals surface area contributed by atoms with Crippen molar-refractivity contribution in [2.45, 2.75) is 51.1 Å². The smallest absolute Gasteiger partial charge is 0.325 e. The third-order valence-electron chi connectivity index (χ3n) is 5.25. The first-order chi connectivity index (χ1) is 10.9. The summed E-state index contributed by atoms with van der Waals surface area (Å²) < 4.78 is 0. The van der Waals surface area contributed by atoms with Gasteiger partial charge in [-0.15, -0.1) is 0 Å². The minimum Gasteiger partial charge on any atom is -0.342 e. The Labute approximate surface area is 136 Å². The molecular formula is C16H26N4O3. The SMILES string of the molecule is CC(C)C(=O)N1CCC2(CC1)NC(=O)N(C1CCCNC1)C2=O. The van der Waals surface area contributed by atoms with Crippen LogP contribution < -0.4 is 10.6 Å². The van der Waals surface area contributed by atoms with Crippen LogP contribution in [0.15, 0.2) is 0 Å². The summed E-state index contributed by atoms with van der Waals surface area (Å²) in [6.45, 7) is 6.43. The number of carbonyl (C=O) groups excluding carboxylic acids is 3. The van der Waals surface area contributed by atoms with Crippen LogP contribution >= 0.6 is 0 Å². The Balaban J connectivity index is 1.69. The van der Waals surface area contributed by atoms with Crippen LogP contribution in [0.2, 0.25) is 0 Å². The zero-order chi connectivity index (χ0) is 16.6. The standard InChI is InChI=1S/C16H26N4O3/c1-11(2)13(21)19-8-5-16(6-9-19)14(22)20(15(23)18-16)12-4-3-7-17-10-12/h11-12,17H,3-10H2,1-2H3,(H,18,23). The van der Waals surface area contributed by atoms with Crippen molar-refractivity contribution in [1.29, 1.82) is 0 Å². The molecule has 3 saturated heterocycles. The number of imide groups is 1. The molecule has 3 aliphatic heterocycles. The lowest BCUT2D eigenvalue weighted by molar-refractivity contribution is -0.141. The summed E-state index contributed by atoms with van der Waals surface area (Å²) in [5.74, 6) is -0.0273. The molecule has 3 heterocycles. The highest BCUT2D eigenvalue weighted by Crippen LogP contribution is 2.32. The van der Waals surface area contributed by atoms with Crippen LogP contribution in [0, 0.1) is 5.92 Å². The fraction of sp³-hybridized carbons (Fsp3) is 0.812. The number of carbonyl (C=O) groups is 3. The second-order valence-corrected chi connectivity index (χ2v) is 7.17. The molecule has 0 aliphatic carbocycles. The molecule has 1 atom stereocenters. The van der Waals surface area contributed by atoms with E-state index >= 15 is 0 Å². The van der Waals surface area contributed by atoms with Gasteiger partial charge in [0.2, 0.25) is 5.91 Å². The lowest BCUT2D eigenvalue weighted by atomic mass is 9.86. The maximum absolute atomic E-state index is 12.9. The van der Waals surface area contributed by atoms with Gasteiger partial charge in [0.15, 0.2) is 0 Å². The molecule has 0 aromatic carbocycles. The van der Waals surface area contributed by atoms with E-state index in [1.54, 1.807) is 4.90 Å². The average molecular weight is 322 g/mol. The highest BCUT2D eigenvalue weighted by atomic mass is 16.2. The molecule has 7 nitrogen and oxygen atoms in total. The number of hydrogen-bond donors (Lipinski definition) is 2. The lowest BCUT2D eigenvalue weighted by Crippen LogP contribution is -2.57. The van der Waals surface area contributed by atoms with Crippen molar-refractivity contribution >= 4 is 17.8 Å². The molecule has 23 heavy (non-hydrogen) atoms. The van der Waals surface area contributed by atoms with Gasteiger partial charge < -0.3 is 15.5 Å². The summed E-state index contributed by atoms with van der Waals surface area (Å²) >= 11 is 0. The first kappa shape index (κ1) is 16.2. The number of urea groups is 1. The van der Waals surface area contributed by atoms with Crippen molar-refractivity contribution in [3.05, 3.63) is 0 Å². The number of likely N-dealkylation sites (tertiary alicyclic amines) is 1. The molecule has 3 rings (SSSR count). The van der Waals surface area contributed by atoms with E-state index in [2.05, 4.69) is 10.6 Å². The van der Waals surface area contributed by atoms with E-state index in [0.29, 0.717) is 32.5 Å². The van der Waals surface area contributed by atoms with Gasteiger partial charge in [-0.2, -0.15) is 0 Å². The average Bonchev–Trinajstić information content (AvgIpc) is 2.78.